The number of esters is 2. The van der Waals surface area contributed by atoms with Gasteiger partial charge in [0.1, 0.15) is 0 Å². The summed E-state index contributed by atoms with van der Waals surface area (Å²) in [7, 11) is 0.605. The van der Waals surface area contributed by atoms with Crippen LogP contribution in [0.5, 0.6) is 0 Å². The van der Waals surface area contributed by atoms with Crippen molar-refractivity contribution in [2.45, 2.75) is 4.90 Å². The topological polar surface area (TPSA) is 133 Å². The lowest BCUT2D eigenvalue weighted by molar-refractivity contribution is 0.0593. The number of anilines is 3. The van der Waals surface area contributed by atoms with Gasteiger partial charge in [0.25, 0.3) is 0 Å². The molecule has 0 spiro atoms. The molecule has 4 rings (SSSR count). The van der Waals surface area contributed by atoms with Crippen LogP contribution in [0.15, 0.2) is 58.1 Å². The van der Waals surface area contributed by atoms with Crippen molar-refractivity contribution in [2.75, 3.05) is 24.3 Å². The summed E-state index contributed by atoms with van der Waals surface area (Å²) in [6.07, 6.45) is 0. The fourth-order valence-corrected chi connectivity index (χ4v) is 4.51. The normalized spacial score (nSPS) is 11.7. The second-order valence-corrected chi connectivity index (χ2v) is 8.99. The molecule has 0 saturated carbocycles. The molecule has 0 bridgehead atoms. The Morgan fingerprint density at radius 3 is 2.03 bits per heavy atom. The number of ether oxygens (including phenoxy) is 2. The Kier molecular flexibility index (Phi) is 7.20. The Balaban J connectivity index is 1.70. The maximum atomic E-state index is 13.2. The summed E-state index contributed by atoms with van der Waals surface area (Å²) in [5.41, 5.74) is 1.80. The van der Waals surface area contributed by atoms with Gasteiger partial charge in [-0.05, 0) is 58.8 Å². The van der Waals surface area contributed by atoms with Crippen LogP contribution in [-0.4, -0.2) is 40.7 Å². The van der Waals surface area contributed by atoms with Gasteiger partial charge in [0.05, 0.1) is 47.3 Å². The van der Waals surface area contributed by atoms with Crippen LogP contribution < -0.4 is 10.0 Å². The Hall–Kier alpha value is -3.67. The third kappa shape index (κ3) is 5.06. The van der Waals surface area contributed by atoms with Crippen molar-refractivity contribution in [1.29, 1.82) is 0 Å². The molecular weight excluding hydrogens is 519 g/mol. The molecule has 0 radical (unpaired) electrons. The number of benzene rings is 3. The number of methoxy groups -OCH3 is 2. The lowest BCUT2D eigenvalue weighted by atomic mass is 10.1. The number of nitrogens with zero attached hydrogens (tertiary/aromatic N) is 2. The molecule has 1 unspecified atom stereocenters. The first-order chi connectivity index (χ1) is 16.8. The molecule has 35 heavy (non-hydrogen) atoms. The monoisotopic (exact) mass is 534 g/mol. The van der Waals surface area contributed by atoms with Crippen molar-refractivity contribution in [1.82, 2.24) is 10.3 Å². The van der Waals surface area contributed by atoms with E-state index in [1.165, 1.54) is 44.6 Å². The minimum absolute atomic E-state index is 0.148. The fourth-order valence-electron chi connectivity index (χ4n) is 3.19. The maximum Gasteiger partial charge on any atom is 0.339 e. The lowest BCUT2D eigenvalue weighted by Crippen LogP contribution is -2.11. The van der Waals surface area contributed by atoms with Gasteiger partial charge in [-0.1, -0.05) is 23.2 Å². The summed E-state index contributed by atoms with van der Waals surface area (Å²) in [5, 5.41) is 11.6. The van der Waals surface area contributed by atoms with E-state index in [1.54, 1.807) is 18.2 Å². The van der Waals surface area contributed by atoms with Crippen LogP contribution in [0.2, 0.25) is 10.0 Å². The number of nitrogens with one attached hydrogen (secondary N) is 2. The van der Waals surface area contributed by atoms with E-state index in [0.717, 1.165) is 0 Å². The van der Waals surface area contributed by atoms with Crippen LogP contribution in [0.25, 0.3) is 11.0 Å². The highest BCUT2D eigenvalue weighted by Crippen LogP contribution is 2.32. The van der Waals surface area contributed by atoms with E-state index in [2.05, 4.69) is 20.4 Å². The lowest BCUT2D eigenvalue weighted by Gasteiger charge is -2.13. The molecule has 0 fully saturated rings. The van der Waals surface area contributed by atoms with Crippen LogP contribution in [-0.2, 0) is 20.5 Å². The van der Waals surface area contributed by atoms with Crippen molar-refractivity contribution < 1.29 is 27.9 Å². The molecule has 180 valence electrons. The van der Waals surface area contributed by atoms with Crippen molar-refractivity contribution in [3.8, 4) is 0 Å². The van der Waals surface area contributed by atoms with Crippen molar-refractivity contribution in [2.24, 2.45) is 0 Å². The molecule has 13 heteroatoms. The average molecular weight is 535 g/mol. The molecule has 0 aliphatic carbocycles. The van der Waals surface area contributed by atoms with Crippen LogP contribution in [0.4, 0.5) is 17.1 Å². The van der Waals surface area contributed by atoms with E-state index >= 15 is 0 Å². The molecule has 10 nitrogen and oxygen atoms in total. The van der Waals surface area contributed by atoms with Gasteiger partial charge in [0, 0.05) is 10.0 Å². The second kappa shape index (κ2) is 10.3. The Bertz CT molecular complexity index is 1480. The number of halogens is 2. The van der Waals surface area contributed by atoms with E-state index < -0.39 is 22.9 Å². The molecule has 0 aliphatic heterocycles. The number of rotatable bonds is 7. The first-order valence-corrected chi connectivity index (χ1v) is 11.7. The van der Waals surface area contributed by atoms with E-state index in [1.807, 2.05) is 0 Å². The minimum Gasteiger partial charge on any atom is -0.465 e. The average Bonchev–Trinajstić information content (AvgIpc) is 3.34. The van der Waals surface area contributed by atoms with Gasteiger partial charge in [-0.25, -0.2) is 18.4 Å². The van der Waals surface area contributed by atoms with E-state index in [-0.39, 0.29) is 32.7 Å². The quantitative estimate of drug-likeness (QED) is 0.314. The highest BCUT2D eigenvalue weighted by Gasteiger charge is 2.21. The second-order valence-electron chi connectivity index (χ2n) is 6.93. The molecule has 1 atom stereocenters. The molecule has 4 aromatic rings. The number of aromatic nitrogens is 2. The summed E-state index contributed by atoms with van der Waals surface area (Å²) in [6.45, 7) is 0. The standard InChI is InChI=1S/C22H16Cl2N4O6S/c1-32-21(29)13-5-3-11(23)9-16(13)25-15-7-8-18(20-19(15)26-34-27-20)35(31)28-17-10-12(24)4-6-14(17)22(30)33-2/h3-10,25,28H,1-2H3. The fraction of sp³-hybridized carbons (Fsp3) is 0.0909. The molecule has 1 heterocycles. The number of fused-ring (bicyclic) bond motifs is 1. The van der Waals surface area contributed by atoms with E-state index in [0.29, 0.717) is 21.4 Å². The predicted molar refractivity (Wildman–Crippen MR) is 131 cm³/mol. The van der Waals surface area contributed by atoms with Crippen molar-refractivity contribution in [3.05, 3.63) is 69.7 Å². The molecule has 2 N–H and O–H groups in total. The van der Waals surface area contributed by atoms with Gasteiger partial charge in [-0.15, -0.1) is 0 Å². The number of carbonyl (C=O) groups excluding carboxylic acids is 2. The summed E-state index contributed by atoms with van der Waals surface area (Å²) >= 11 is 12.1. The summed E-state index contributed by atoms with van der Waals surface area (Å²) < 4.78 is 30.4. The van der Waals surface area contributed by atoms with Gasteiger partial charge in [-0.3, -0.25) is 0 Å². The Labute approximate surface area is 211 Å². The summed E-state index contributed by atoms with van der Waals surface area (Å²) in [5.74, 6) is -1.19. The van der Waals surface area contributed by atoms with Gasteiger partial charge in [0.15, 0.2) is 22.0 Å². The number of hydrogen-bond acceptors (Lipinski definition) is 9. The maximum absolute atomic E-state index is 13.2. The first kappa shape index (κ1) is 24.5. The Morgan fingerprint density at radius 2 is 1.40 bits per heavy atom. The molecular formula is C22H16Cl2N4O6S. The molecule has 3 aromatic carbocycles. The largest absolute Gasteiger partial charge is 0.465 e. The molecule has 0 saturated heterocycles. The highest BCUT2D eigenvalue weighted by molar-refractivity contribution is 7.86. The SMILES string of the molecule is COC(=O)c1ccc(Cl)cc1Nc1ccc(S(=O)Nc2cc(Cl)ccc2C(=O)OC)c2nonc12. The van der Waals surface area contributed by atoms with E-state index in [4.69, 9.17) is 37.3 Å². The van der Waals surface area contributed by atoms with Gasteiger partial charge in [-0.2, -0.15) is 0 Å². The van der Waals surface area contributed by atoms with Crippen LogP contribution in [0, 0.1) is 0 Å². The van der Waals surface area contributed by atoms with Crippen LogP contribution in [0.1, 0.15) is 20.7 Å². The Morgan fingerprint density at radius 1 is 0.829 bits per heavy atom. The van der Waals surface area contributed by atoms with E-state index in [9.17, 15) is 13.8 Å². The van der Waals surface area contributed by atoms with Gasteiger partial charge < -0.3 is 19.5 Å². The van der Waals surface area contributed by atoms with Crippen molar-refractivity contribution in [3.63, 3.8) is 0 Å². The van der Waals surface area contributed by atoms with Crippen LogP contribution in [0.3, 0.4) is 0 Å². The molecule has 1 aromatic heterocycles. The zero-order chi connectivity index (χ0) is 25.1. The minimum atomic E-state index is -1.90. The third-order valence-electron chi connectivity index (χ3n) is 4.82. The third-order valence-corrected chi connectivity index (χ3v) is 6.43. The highest BCUT2D eigenvalue weighted by atomic mass is 35.5. The summed E-state index contributed by atoms with van der Waals surface area (Å²) in [4.78, 5) is 24.5. The van der Waals surface area contributed by atoms with Gasteiger partial charge in [0.2, 0.25) is 0 Å². The summed E-state index contributed by atoms with van der Waals surface area (Å²) in [6, 6.07) is 12.2. The molecule has 0 amide bonds. The van der Waals surface area contributed by atoms with Crippen molar-refractivity contribution >= 4 is 74.2 Å². The molecule has 0 aliphatic rings. The predicted octanol–water partition coefficient (Wildman–Crippen LogP) is 4.98. The number of hydrogen-bond donors (Lipinski definition) is 2. The zero-order valence-corrected chi connectivity index (χ0v) is 20.5. The zero-order valence-electron chi connectivity index (χ0n) is 18.1. The smallest absolute Gasteiger partial charge is 0.339 e. The number of carbonyl (C=O) groups is 2. The first-order valence-electron chi connectivity index (χ1n) is 9.78. The van der Waals surface area contributed by atoms with Gasteiger partial charge >= 0.3 is 11.9 Å². The van der Waals surface area contributed by atoms with Crippen LogP contribution >= 0.6 is 23.2 Å².